The Morgan fingerprint density at radius 3 is 2.67 bits per heavy atom. The van der Waals surface area contributed by atoms with Crippen molar-refractivity contribution < 1.29 is 9.84 Å². The maximum absolute atomic E-state index is 11.3. The Bertz CT molecular complexity index is 1770. The number of rotatable bonds is 13. The highest BCUT2D eigenvalue weighted by Crippen LogP contribution is 2.33. The van der Waals surface area contributed by atoms with Crippen molar-refractivity contribution in [3.63, 3.8) is 0 Å². The Morgan fingerprint density at radius 2 is 1.82 bits per heavy atom. The van der Waals surface area contributed by atoms with Gasteiger partial charge in [-0.2, -0.15) is 0 Å². The van der Waals surface area contributed by atoms with Crippen LogP contribution >= 0.6 is 11.6 Å². The molecule has 3 heterocycles. The molecule has 234 valence electrons. The molecule has 5 aromatic rings. The van der Waals surface area contributed by atoms with Gasteiger partial charge in [-0.1, -0.05) is 17.7 Å². The largest absolute Gasteiger partial charge is 0.507 e. The van der Waals surface area contributed by atoms with Crippen molar-refractivity contribution in [2.24, 2.45) is 0 Å². The Balaban J connectivity index is 1.11. The van der Waals surface area contributed by atoms with Crippen molar-refractivity contribution in [1.82, 2.24) is 20.2 Å². The SMILES string of the molecule is COc1cc(NC(C)CCCNCc2cc(Nc3ccnc4cc(Cl)ccc34)cc(CN3CCCC3)c2O)c2ncccc2c1. The Hall–Kier alpha value is -4.11. The molecule has 8 nitrogen and oxygen atoms in total. The highest BCUT2D eigenvalue weighted by Gasteiger charge is 2.17. The molecule has 0 bridgehead atoms. The summed E-state index contributed by atoms with van der Waals surface area (Å²) in [5, 5.41) is 24.8. The van der Waals surface area contributed by atoms with Crippen LogP contribution in [0, 0.1) is 0 Å². The van der Waals surface area contributed by atoms with Gasteiger partial charge in [0.15, 0.2) is 0 Å². The molecule has 4 N–H and O–H groups in total. The molecule has 9 heteroatoms. The summed E-state index contributed by atoms with van der Waals surface area (Å²) >= 11 is 6.22. The lowest BCUT2D eigenvalue weighted by molar-refractivity contribution is 0.323. The molecule has 6 rings (SSSR count). The zero-order valence-corrected chi connectivity index (χ0v) is 26.7. The van der Waals surface area contributed by atoms with Gasteiger partial charge in [-0.3, -0.25) is 14.9 Å². The number of halogens is 1. The van der Waals surface area contributed by atoms with Crippen LogP contribution in [-0.2, 0) is 13.1 Å². The molecule has 1 unspecified atom stereocenters. The standard InChI is InChI=1S/C36H41ClN6O2/c1-24(41-34-21-30(45-2)19-25-8-6-13-40-35(25)34)7-5-12-38-22-26-17-29(18-27(36(26)44)23-43-15-3-4-16-43)42-32-11-14-39-33-20-28(37)9-10-31(32)33/h6,8-11,13-14,17-21,24,38,41,44H,3-5,7,12,15-16,22-23H2,1-2H3,(H,39,42). The molecule has 1 saturated heterocycles. The highest BCUT2D eigenvalue weighted by molar-refractivity contribution is 6.31. The van der Waals surface area contributed by atoms with Crippen LogP contribution in [0.4, 0.5) is 17.1 Å². The summed E-state index contributed by atoms with van der Waals surface area (Å²) < 4.78 is 5.51. The van der Waals surface area contributed by atoms with Crippen LogP contribution in [0.5, 0.6) is 11.5 Å². The summed E-state index contributed by atoms with van der Waals surface area (Å²) in [6.07, 6.45) is 7.98. The number of anilines is 3. The minimum Gasteiger partial charge on any atom is -0.507 e. The number of hydrogen-bond donors (Lipinski definition) is 4. The number of aromatic nitrogens is 2. The summed E-state index contributed by atoms with van der Waals surface area (Å²) in [5.41, 5.74) is 6.49. The molecule has 45 heavy (non-hydrogen) atoms. The van der Waals surface area contributed by atoms with Gasteiger partial charge in [-0.05, 0) is 101 Å². The van der Waals surface area contributed by atoms with Crippen molar-refractivity contribution in [2.75, 3.05) is 37.4 Å². The summed E-state index contributed by atoms with van der Waals surface area (Å²) in [5.74, 6) is 1.19. The van der Waals surface area contributed by atoms with E-state index in [1.54, 1.807) is 13.3 Å². The molecule has 1 atom stereocenters. The second kappa shape index (κ2) is 14.3. The lowest BCUT2D eigenvalue weighted by atomic mass is 10.1. The van der Waals surface area contributed by atoms with E-state index in [9.17, 15) is 5.11 Å². The van der Waals surface area contributed by atoms with Gasteiger partial charge in [-0.25, -0.2) is 0 Å². The zero-order chi connectivity index (χ0) is 31.2. The van der Waals surface area contributed by atoms with Gasteiger partial charge < -0.3 is 25.8 Å². The summed E-state index contributed by atoms with van der Waals surface area (Å²) in [6, 6.07) is 20.1. The molecule has 0 aliphatic carbocycles. The molecule has 0 saturated carbocycles. The smallest absolute Gasteiger partial charge is 0.124 e. The van der Waals surface area contributed by atoms with E-state index in [0.29, 0.717) is 17.3 Å². The maximum atomic E-state index is 11.3. The van der Waals surface area contributed by atoms with Crippen molar-refractivity contribution >= 4 is 50.5 Å². The Labute approximate surface area is 269 Å². The van der Waals surface area contributed by atoms with E-state index < -0.39 is 0 Å². The molecule has 1 fully saturated rings. The number of benzene rings is 3. The number of fused-ring (bicyclic) bond motifs is 2. The minimum atomic E-state index is 0.252. The van der Waals surface area contributed by atoms with Crippen LogP contribution in [0.2, 0.25) is 5.02 Å². The fraction of sp³-hybridized carbons (Fsp3) is 0.333. The van der Waals surface area contributed by atoms with Crippen molar-refractivity contribution in [3.05, 3.63) is 89.2 Å². The van der Waals surface area contributed by atoms with Crippen LogP contribution in [0.15, 0.2) is 73.1 Å². The third kappa shape index (κ3) is 7.59. The lowest BCUT2D eigenvalue weighted by Gasteiger charge is -2.20. The Kier molecular flexibility index (Phi) is 9.84. The monoisotopic (exact) mass is 624 g/mol. The topological polar surface area (TPSA) is 94.6 Å². The van der Waals surface area contributed by atoms with Crippen LogP contribution in [0.1, 0.15) is 43.7 Å². The van der Waals surface area contributed by atoms with E-state index in [1.165, 1.54) is 12.8 Å². The summed E-state index contributed by atoms with van der Waals surface area (Å²) in [7, 11) is 1.69. The van der Waals surface area contributed by atoms with Crippen molar-refractivity contribution in [1.29, 1.82) is 0 Å². The van der Waals surface area contributed by atoms with Gasteiger partial charge in [0.05, 0.1) is 23.8 Å². The average Bonchev–Trinajstić information content (AvgIpc) is 3.56. The first-order valence-corrected chi connectivity index (χ1v) is 16.1. The molecule has 3 aromatic carbocycles. The predicted molar refractivity (Wildman–Crippen MR) is 185 cm³/mol. The number of methoxy groups -OCH3 is 1. The van der Waals surface area contributed by atoms with Gasteiger partial charge in [0.2, 0.25) is 0 Å². The van der Waals surface area contributed by atoms with Gasteiger partial charge in [0.25, 0.3) is 0 Å². The molecular weight excluding hydrogens is 584 g/mol. The number of likely N-dealkylation sites (tertiary alicyclic amines) is 1. The summed E-state index contributed by atoms with van der Waals surface area (Å²) in [6.45, 7) is 6.46. The molecule has 2 aromatic heterocycles. The number of nitrogens with one attached hydrogen (secondary N) is 3. The number of nitrogens with zero attached hydrogens (tertiary/aromatic N) is 3. The van der Waals surface area contributed by atoms with Crippen LogP contribution in [0.25, 0.3) is 21.8 Å². The third-order valence-corrected chi connectivity index (χ3v) is 8.70. The fourth-order valence-corrected chi connectivity index (χ4v) is 6.31. The molecule has 1 aliphatic heterocycles. The number of aromatic hydroxyl groups is 1. The van der Waals surface area contributed by atoms with Gasteiger partial charge >= 0.3 is 0 Å². The minimum absolute atomic E-state index is 0.252. The number of hydrogen-bond acceptors (Lipinski definition) is 8. The predicted octanol–water partition coefficient (Wildman–Crippen LogP) is 7.86. The molecular formula is C36H41ClN6O2. The molecule has 1 aliphatic rings. The quantitative estimate of drug-likeness (QED) is 0.0777. The second-order valence-electron chi connectivity index (χ2n) is 11.9. The first-order chi connectivity index (χ1) is 22.0. The molecule has 0 amide bonds. The van der Waals surface area contributed by atoms with Crippen LogP contribution in [0.3, 0.4) is 0 Å². The van der Waals surface area contributed by atoms with E-state index in [4.69, 9.17) is 16.3 Å². The fourth-order valence-electron chi connectivity index (χ4n) is 6.14. The normalized spacial score (nSPS) is 14.2. The Morgan fingerprint density at radius 1 is 0.978 bits per heavy atom. The number of pyridine rings is 2. The number of phenolic OH excluding ortho intramolecular Hbond substituents is 1. The van der Waals surface area contributed by atoms with Gasteiger partial charge in [0, 0.05) is 75.9 Å². The molecule has 0 radical (unpaired) electrons. The lowest BCUT2D eigenvalue weighted by Crippen LogP contribution is -2.21. The van der Waals surface area contributed by atoms with E-state index >= 15 is 0 Å². The number of ether oxygens (including phenoxy) is 1. The van der Waals surface area contributed by atoms with E-state index in [2.05, 4.69) is 49.9 Å². The van der Waals surface area contributed by atoms with E-state index in [1.807, 2.05) is 54.7 Å². The molecule has 0 spiro atoms. The van der Waals surface area contributed by atoms with Gasteiger partial charge in [-0.15, -0.1) is 0 Å². The number of phenols is 1. The van der Waals surface area contributed by atoms with Gasteiger partial charge in [0.1, 0.15) is 11.5 Å². The van der Waals surface area contributed by atoms with Crippen molar-refractivity contribution in [2.45, 2.75) is 51.7 Å². The highest BCUT2D eigenvalue weighted by atomic mass is 35.5. The van der Waals surface area contributed by atoms with E-state index in [-0.39, 0.29) is 6.04 Å². The van der Waals surface area contributed by atoms with E-state index in [0.717, 1.165) is 94.8 Å². The average molecular weight is 625 g/mol. The second-order valence-corrected chi connectivity index (χ2v) is 12.3. The first kappa shape index (κ1) is 30.9. The third-order valence-electron chi connectivity index (χ3n) is 8.47. The zero-order valence-electron chi connectivity index (χ0n) is 25.9. The first-order valence-electron chi connectivity index (χ1n) is 15.8. The van der Waals surface area contributed by atoms with Crippen LogP contribution < -0.4 is 20.7 Å². The van der Waals surface area contributed by atoms with Crippen LogP contribution in [-0.4, -0.2) is 52.8 Å². The van der Waals surface area contributed by atoms with Crippen molar-refractivity contribution in [3.8, 4) is 11.5 Å². The summed E-state index contributed by atoms with van der Waals surface area (Å²) in [4.78, 5) is 11.5. The maximum Gasteiger partial charge on any atom is 0.124 e.